The number of nitrogens with one attached hydrogen (secondary N) is 1. The second kappa shape index (κ2) is 5.16. The molecule has 0 amide bonds. The molecular weight excluding hydrogens is 272 g/mol. The number of rotatable bonds is 4. The van der Waals surface area contributed by atoms with Gasteiger partial charge in [-0.3, -0.25) is 10.3 Å². The number of phenols is 1. The van der Waals surface area contributed by atoms with E-state index >= 15 is 0 Å². The molecule has 0 spiro atoms. The van der Waals surface area contributed by atoms with Gasteiger partial charge in [0.05, 0.1) is 0 Å². The fourth-order valence-corrected chi connectivity index (χ4v) is 2.69. The van der Waals surface area contributed by atoms with Gasteiger partial charge in [-0.15, -0.1) is 5.10 Å². The topological polar surface area (TPSA) is 111 Å². The highest BCUT2D eigenvalue weighted by Crippen LogP contribution is 2.37. The summed E-state index contributed by atoms with van der Waals surface area (Å²) in [4.78, 5) is 13.1. The molecule has 5 N–H and O–H groups in total. The third-order valence-electron chi connectivity index (χ3n) is 3.71. The number of nitrogens with zero attached hydrogens (tertiary/aromatic N) is 2. The van der Waals surface area contributed by atoms with Gasteiger partial charge >= 0.3 is 5.97 Å². The summed E-state index contributed by atoms with van der Waals surface area (Å²) in [5.74, 6) is -1.05. The summed E-state index contributed by atoms with van der Waals surface area (Å²) in [5, 5.41) is 23.6. The molecule has 2 unspecified atom stereocenters. The van der Waals surface area contributed by atoms with Crippen molar-refractivity contribution in [3.8, 4) is 5.75 Å². The second-order valence-electron chi connectivity index (χ2n) is 5.57. The quantitative estimate of drug-likeness (QED) is 0.653. The predicted molar refractivity (Wildman–Crippen MR) is 78.3 cm³/mol. The molecule has 1 aliphatic heterocycles. The first kappa shape index (κ1) is 15.0. The fourth-order valence-electron chi connectivity index (χ4n) is 2.69. The largest absolute Gasteiger partial charge is 0.508 e. The molecule has 0 saturated heterocycles. The lowest BCUT2D eigenvalue weighted by Crippen LogP contribution is -2.59. The first-order chi connectivity index (χ1) is 9.79. The number of hydrogen-bond acceptors (Lipinski definition) is 6. The minimum atomic E-state index is -1.03. The third-order valence-corrected chi connectivity index (χ3v) is 3.71. The van der Waals surface area contributed by atoms with Crippen LogP contribution in [0.4, 0.5) is 0 Å². The van der Waals surface area contributed by atoms with Crippen LogP contribution in [0.2, 0.25) is 0 Å². The lowest BCUT2D eigenvalue weighted by Gasteiger charge is -2.41. The normalized spacial score (nSPS) is 22.9. The summed E-state index contributed by atoms with van der Waals surface area (Å²) in [6, 6.07) is 5.85. The third kappa shape index (κ3) is 2.35. The van der Waals surface area contributed by atoms with Gasteiger partial charge in [0, 0.05) is 5.56 Å². The number of phenolic OH excluding ortho intramolecular Hbond substituents is 1. The number of para-hydroxylation sites is 1. The number of nitrogens with two attached hydrogens (primary N) is 1. The SMILES string of the molecule is CC(C)C(C(=O)O)N1C(N)=NNC1(C)c1ccccc1O. The first-order valence-electron chi connectivity index (χ1n) is 6.70. The van der Waals surface area contributed by atoms with E-state index in [9.17, 15) is 15.0 Å². The van der Waals surface area contributed by atoms with Gasteiger partial charge in [0.1, 0.15) is 11.8 Å². The molecule has 7 nitrogen and oxygen atoms in total. The number of hydrogen-bond donors (Lipinski definition) is 4. The Balaban J connectivity index is 2.53. The molecule has 1 aromatic rings. The number of carboxylic acids is 1. The zero-order valence-corrected chi connectivity index (χ0v) is 12.2. The maximum Gasteiger partial charge on any atom is 0.326 e. The van der Waals surface area contributed by atoms with Gasteiger partial charge in [-0.2, -0.15) is 0 Å². The van der Waals surface area contributed by atoms with E-state index in [0.717, 1.165) is 0 Å². The Hall–Kier alpha value is -2.44. The Bertz CT molecular complexity index is 587. The minimum absolute atomic E-state index is 0.0512. The van der Waals surface area contributed by atoms with Crippen LogP contribution >= 0.6 is 0 Å². The summed E-state index contributed by atoms with van der Waals surface area (Å²) in [6.45, 7) is 5.34. The van der Waals surface area contributed by atoms with Gasteiger partial charge < -0.3 is 15.9 Å². The Labute approximate surface area is 123 Å². The highest BCUT2D eigenvalue weighted by Gasteiger charge is 2.48. The monoisotopic (exact) mass is 292 g/mol. The molecule has 0 saturated carbocycles. The number of carboxylic acid groups (broad SMARTS) is 1. The summed E-state index contributed by atoms with van der Waals surface area (Å²) < 4.78 is 0. The van der Waals surface area contributed by atoms with Crippen LogP contribution in [0, 0.1) is 5.92 Å². The number of guanidine groups is 1. The molecule has 2 atom stereocenters. The van der Waals surface area contributed by atoms with Gasteiger partial charge in [-0.05, 0) is 18.9 Å². The zero-order chi connectivity index (χ0) is 15.8. The van der Waals surface area contributed by atoms with E-state index in [1.54, 1.807) is 45.0 Å². The van der Waals surface area contributed by atoms with Crippen molar-refractivity contribution in [2.45, 2.75) is 32.5 Å². The van der Waals surface area contributed by atoms with E-state index < -0.39 is 17.7 Å². The number of benzene rings is 1. The molecule has 2 rings (SSSR count). The van der Waals surface area contributed by atoms with Crippen molar-refractivity contribution in [2.75, 3.05) is 0 Å². The summed E-state index contributed by atoms with van der Waals surface area (Å²) in [6.07, 6.45) is 0. The maximum absolute atomic E-state index is 11.6. The highest BCUT2D eigenvalue weighted by atomic mass is 16.4. The lowest BCUT2D eigenvalue weighted by atomic mass is 9.94. The van der Waals surface area contributed by atoms with Crippen molar-refractivity contribution >= 4 is 11.9 Å². The van der Waals surface area contributed by atoms with Crippen molar-refractivity contribution in [1.82, 2.24) is 10.3 Å². The molecule has 0 aromatic heterocycles. The van der Waals surface area contributed by atoms with Crippen LogP contribution in [0.5, 0.6) is 5.75 Å². The molecule has 0 aliphatic carbocycles. The molecule has 0 fully saturated rings. The minimum Gasteiger partial charge on any atom is -0.508 e. The van der Waals surface area contributed by atoms with Crippen LogP contribution in [0.3, 0.4) is 0 Å². The maximum atomic E-state index is 11.6. The molecule has 114 valence electrons. The summed E-state index contributed by atoms with van der Waals surface area (Å²) in [7, 11) is 0. The Kier molecular flexibility index (Phi) is 3.67. The van der Waals surface area contributed by atoms with E-state index in [4.69, 9.17) is 5.73 Å². The molecular formula is C14H20N4O3. The Morgan fingerprint density at radius 1 is 1.43 bits per heavy atom. The number of carbonyl (C=O) groups is 1. The van der Waals surface area contributed by atoms with Crippen LogP contribution in [0.15, 0.2) is 29.4 Å². The van der Waals surface area contributed by atoms with Crippen LogP contribution in [0.25, 0.3) is 0 Å². The number of aliphatic carboxylic acids is 1. The van der Waals surface area contributed by atoms with Crippen LogP contribution in [-0.2, 0) is 10.5 Å². The van der Waals surface area contributed by atoms with E-state index in [2.05, 4.69) is 10.5 Å². The fraction of sp³-hybridized carbons (Fsp3) is 0.429. The van der Waals surface area contributed by atoms with E-state index in [-0.39, 0.29) is 17.6 Å². The van der Waals surface area contributed by atoms with E-state index in [1.807, 2.05) is 0 Å². The molecule has 1 aliphatic rings. The standard InChI is InChI=1S/C14H20N4O3/c1-8(2)11(12(20)21)18-13(15)16-17-14(18,3)9-6-4-5-7-10(9)19/h4-8,11,17,19H,1-3H3,(H2,15,16)(H,20,21). The van der Waals surface area contributed by atoms with Crippen LogP contribution in [0.1, 0.15) is 26.3 Å². The van der Waals surface area contributed by atoms with Crippen LogP contribution in [-0.4, -0.2) is 33.1 Å². The summed E-state index contributed by atoms with van der Waals surface area (Å²) >= 11 is 0. The van der Waals surface area contributed by atoms with Crippen molar-refractivity contribution in [3.63, 3.8) is 0 Å². The van der Waals surface area contributed by atoms with E-state index in [1.165, 1.54) is 4.90 Å². The molecule has 7 heteroatoms. The van der Waals surface area contributed by atoms with Gasteiger partial charge in [0.15, 0.2) is 5.66 Å². The van der Waals surface area contributed by atoms with Gasteiger partial charge in [-0.1, -0.05) is 32.0 Å². The lowest BCUT2D eigenvalue weighted by molar-refractivity contribution is -0.145. The number of hydrazone groups is 1. The van der Waals surface area contributed by atoms with Gasteiger partial charge in [0.25, 0.3) is 0 Å². The van der Waals surface area contributed by atoms with Crippen molar-refractivity contribution in [2.24, 2.45) is 16.8 Å². The Morgan fingerprint density at radius 2 is 2.05 bits per heavy atom. The van der Waals surface area contributed by atoms with Gasteiger partial charge in [-0.25, -0.2) is 4.79 Å². The number of aromatic hydroxyl groups is 1. The average Bonchev–Trinajstić information content (AvgIpc) is 2.68. The van der Waals surface area contributed by atoms with Crippen LogP contribution < -0.4 is 11.2 Å². The second-order valence-corrected chi connectivity index (χ2v) is 5.57. The first-order valence-corrected chi connectivity index (χ1v) is 6.70. The van der Waals surface area contributed by atoms with Crippen molar-refractivity contribution in [1.29, 1.82) is 0 Å². The molecule has 1 heterocycles. The van der Waals surface area contributed by atoms with Gasteiger partial charge in [0.2, 0.25) is 5.96 Å². The molecule has 21 heavy (non-hydrogen) atoms. The molecule has 0 bridgehead atoms. The molecule has 0 radical (unpaired) electrons. The summed E-state index contributed by atoms with van der Waals surface area (Å²) in [5.41, 5.74) is 8.22. The molecule has 1 aromatic carbocycles. The Morgan fingerprint density at radius 3 is 2.57 bits per heavy atom. The average molecular weight is 292 g/mol. The predicted octanol–water partition coefficient (Wildman–Crippen LogP) is 0.809. The van der Waals surface area contributed by atoms with Crippen molar-refractivity contribution in [3.05, 3.63) is 29.8 Å². The smallest absolute Gasteiger partial charge is 0.326 e. The van der Waals surface area contributed by atoms with E-state index in [0.29, 0.717) is 5.56 Å². The zero-order valence-electron chi connectivity index (χ0n) is 12.2. The highest BCUT2D eigenvalue weighted by molar-refractivity contribution is 5.87. The van der Waals surface area contributed by atoms with Crippen molar-refractivity contribution < 1.29 is 15.0 Å².